The molecule has 0 spiro atoms. The highest BCUT2D eigenvalue weighted by Gasteiger charge is 2.32. The zero-order valence-corrected chi connectivity index (χ0v) is 31.2. The first-order chi connectivity index (χ1) is 24.3. The zero-order chi connectivity index (χ0) is 36.3. The molecule has 9 nitrogen and oxygen atoms in total. The molecule has 264 valence electrons. The Morgan fingerprint density at radius 2 is 1.71 bits per heavy atom. The van der Waals surface area contributed by atoms with E-state index in [0.717, 1.165) is 77.5 Å². The fraction of sp³-hybridized carbons (Fsp3) is 0.325. The van der Waals surface area contributed by atoms with E-state index in [4.69, 9.17) is 33.0 Å². The van der Waals surface area contributed by atoms with Crippen LogP contribution in [-0.4, -0.2) is 49.0 Å². The molecule has 0 saturated heterocycles. The van der Waals surface area contributed by atoms with Crippen LogP contribution in [0, 0.1) is 27.7 Å². The van der Waals surface area contributed by atoms with Crippen LogP contribution in [0.3, 0.4) is 0 Å². The molecule has 1 aliphatic heterocycles. The van der Waals surface area contributed by atoms with Gasteiger partial charge in [0.15, 0.2) is 0 Å². The van der Waals surface area contributed by atoms with Crippen LogP contribution >= 0.6 is 23.2 Å². The molecule has 0 atom stereocenters. The van der Waals surface area contributed by atoms with Crippen molar-refractivity contribution in [3.8, 4) is 16.9 Å². The third-order valence-electron chi connectivity index (χ3n) is 10.2. The molecule has 1 amide bonds. The summed E-state index contributed by atoms with van der Waals surface area (Å²) >= 11 is 13.5. The summed E-state index contributed by atoms with van der Waals surface area (Å²) < 4.78 is 12.2. The molecule has 0 bridgehead atoms. The first-order valence-electron chi connectivity index (χ1n) is 17.2. The maximum atomic E-state index is 15.0. The van der Waals surface area contributed by atoms with Crippen LogP contribution in [0.15, 0.2) is 48.7 Å². The Hall–Kier alpha value is -4.73. The van der Waals surface area contributed by atoms with Crippen LogP contribution in [0.1, 0.15) is 57.0 Å². The number of carbonyl (C=O) groups excluding carboxylic acids is 1. The van der Waals surface area contributed by atoms with E-state index in [1.807, 2.05) is 105 Å². The number of nitrogens with zero attached hydrogens (tertiary/aromatic N) is 5. The normalized spacial score (nSPS) is 13.3. The van der Waals surface area contributed by atoms with Crippen molar-refractivity contribution in [2.45, 2.75) is 59.9 Å². The number of ether oxygens (including phenoxy) is 1. The number of halogens is 2. The van der Waals surface area contributed by atoms with Crippen molar-refractivity contribution < 1.29 is 19.4 Å². The molecule has 3 aromatic carbocycles. The first kappa shape index (κ1) is 34.7. The first-order valence-corrected chi connectivity index (χ1v) is 18.0. The van der Waals surface area contributed by atoms with Crippen molar-refractivity contribution in [3.05, 3.63) is 98.0 Å². The molecule has 0 aliphatic carbocycles. The molecule has 11 heteroatoms. The van der Waals surface area contributed by atoms with Gasteiger partial charge in [-0.25, -0.2) is 0 Å². The predicted molar refractivity (Wildman–Crippen MR) is 204 cm³/mol. The Kier molecular flexibility index (Phi) is 9.14. The monoisotopic (exact) mass is 725 g/mol. The minimum absolute atomic E-state index is 0.0962. The van der Waals surface area contributed by atoms with Crippen molar-refractivity contribution in [1.82, 2.24) is 18.9 Å². The Balaban J connectivity index is 1.34. The van der Waals surface area contributed by atoms with Gasteiger partial charge in [0.25, 0.3) is 5.91 Å². The molecule has 0 radical (unpaired) electrons. The van der Waals surface area contributed by atoms with Gasteiger partial charge in [-0.1, -0.05) is 29.3 Å². The van der Waals surface area contributed by atoms with Gasteiger partial charge >= 0.3 is 5.97 Å². The molecule has 1 N–H and O–H groups in total. The van der Waals surface area contributed by atoms with Crippen LogP contribution < -0.4 is 9.64 Å². The lowest BCUT2D eigenvalue weighted by Crippen LogP contribution is -2.31. The van der Waals surface area contributed by atoms with E-state index in [-0.39, 0.29) is 12.3 Å². The molecule has 6 aromatic rings. The van der Waals surface area contributed by atoms with E-state index >= 15 is 0 Å². The van der Waals surface area contributed by atoms with Crippen molar-refractivity contribution >= 4 is 62.6 Å². The fourth-order valence-corrected chi connectivity index (χ4v) is 8.17. The highest BCUT2D eigenvalue weighted by Crippen LogP contribution is 2.43. The smallest absolute Gasteiger partial charge is 0.307 e. The van der Waals surface area contributed by atoms with Gasteiger partial charge in [-0.15, -0.1) is 0 Å². The molecule has 0 unspecified atom stereocenters. The van der Waals surface area contributed by atoms with Gasteiger partial charge in [0.1, 0.15) is 11.4 Å². The van der Waals surface area contributed by atoms with Crippen LogP contribution in [0.4, 0.5) is 5.69 Å². The number of carboxylic acid groups (broad SMARTS) is 1. The second kappa shape index (κ2) is 13.4. The number of carbonyl (C=O) groups is 2. The van der Waals surface area contributed by atoms with Crippen LogP contribution in [-0.2, 0) is 38.3 Å². The van der Waals surface area contributed by atoms with Gasteiger partial charge in [0.05, 0.1) is 29.3 Å². The average Bonchev–Trinajstić information content (AvgIpc) is 3.60. The topological polar surface area (TPSA) is 94.5 Å². The number of carboxylic acids is 1. The number of aliphatic carboxylic acids is 1. The number of aryl methyl sites for hydroxylation is 7. The number of amides is 1. The van der Waals surface area contributed by atoms with E-state index in [1.165, 1.54) is 0 Å². The van der Waals surface area contributed by atoms with Gasteiger partial charge in [-0.05, 0) is 106 Å². The summed E-state index contributed by atoms with van der Waals surface area (Å²) in [6, 6.07) is 13.8. The molecular formula is C40H41Cl2N5O4. The quantitative estimate of drug-likeness (QED) is 0.151. The average molecular weight is 727 g/mol. The lowest BCUT2D eigenvalue weighted by atomic mass is 9.98. The highest BCUT2D eigenvalue weighted by atomic mass is 35.5. The van der Waals surface area contributed by atoms with Gasteiger partial charge in [-0.3, -0.25) is 14.3 Å². The van der Waals surface area contributed by atoms with Crippen molar-refractivity contribution in [3.63, 3.8) is 0 Å². The Morgan fingerprint density at radius 1 is 0.961 bits per heavy atom. The third-order valence-corrected chi connectivity index (χ3v) is 11.1. The van der Waals surface area contributed by atoms with E-state index in [0.29, 0.717) is 55.2 Å². The fourth-order valence-electron chi connectivity index (χ4n) is 7.81. The zero-order valence-electron chi connectivity index (χ0n) is 29.7. The van der Waals surface area contributed by atoms with E-state index in [9.17, 15) is 14.7 Å². The minimum atomic E-state index is -0.897. The van der Waals surface area contributed by atoms with Crippen LogP contribution in [0.25, 0.3) is 32.9 Å². The summed E-state index contributed by atoms with van der Waals surface area (Å²) in [7, 11) is 3.84. The molecule has 0 saturated carbocycles. The molecule has 1 aliphatic rings. The number of hydrogen-bond acceptors (Lipinski definition) is 4. The summed E-state index contributed by atoms with van der Waals surface area (Å²) in [4.78, 5) is 28.5. The van der Waals surface area contributed by atoms with E-state index in [2.05, 4.69) is 4.57 Å². The number of benzene rings is 3. The number of aromatic nitrogens is 4. The minimum Gasteiger partial charge on any atom is -0.494 e. The molecule has 0 fully saturated rings. The van der Waals surface area contributed by atoms with Crippen LogP contribution in [0.2, 0.25) is 10.0 Å². The van der Waals surface area contributed by atoms with Crippen molar-refractivity contribution in [2.24, 2.45) is 14.1 Å². The van der Waals surface area contributed by atoms with Crippen LogP contribution in [0.5, 0.6) is 5.75 Å². The molecular weight excluding hydrogens is 685 g/mol. The van der Waals surface area contributed by atoms with Gasteiger partial charge < -0.3 is 23.9 Å². The molecule has 51 heavy (non-hydrogen) atoms. The number of hydrogen-bond donors (Lipinski definition) is 1. The Labute approximate surface area is 306 Å². The maximum Gasteiger partial charge on any atom is 0.307 e. The third kappa shape index (κ3) is 6.06. The standard InChI is InChI=1S/C40H41Cl2N5O4/c1-22-17-28(18-23(2)37(22)42)51-16-7-9-29-30-11-12-32(41)36(35-24(3)43-45(6)25(35)4)38(30)47-15-8-14-46(40(50)39(29)47)27-10-13-33-31(20-27)26(19-34(48)49)21-44(33)5/h10-13,17-18,20-21H,7-9,14-16,19H2,1-6H3,(H,48,49). The lowest BCUT2D eigenvalue weighted by molar-refractivity contribution is -0.136. The SMILES string of the molecule is Cc1cc(OCCCc2c3n(c4c(-c5c(C)nn(C)c5C)c(Cl)ccc24)CCCN(c2ccc4c(c2)c(CC(=O)O)cn4C)C3=O)cc(C)c1Cl. The van der Waals surface area contributed by atoms with E-state index < -0.39 is 5.97 Å². The summed E-state index contributed by atoms with van der Waals surface area (Å²) in [5.41, 5.74) is 10.6. The lowest BCUT2D eigenvalue weighted by Gasteiger charge is -2.21. The summed E-state index contributed by atoms with van der Waals surface area (Å²) in [5.74, 6) is -0.223. The van der Waals surface area contributed by atoms with Gasteiger partial charge in [0.2, 0.25) is 0 Å². The maximum absolute atomic E-state index is 15.0. The second-order valence-electron chi connectivity index (χ2n) is 13.6. The number of rotatable bonds is 9. The molecule has 3 aromatic heterocycles. The predicted octanol–water partition coefficient (Wildman–Crippen LogP) is 8.76. The Bertz CT molecular complexity index is 2360. The summed E-state index contributed by atoms with van der Waals surface area (Å²) in [6.45, 7) is 9.57. The van der Waals surface area contributed by atoms with Gasteiger partial charge in [0, 0.05) is 77.2 Å². The molecule has 4 heterocycles. The number of fused-ring (bicyclic) bond motifs is 4. The Morgan fingerprint density at radius 3 is 2.39 bits per heavy atom. The van der Waals surface area contributed by atoms with Crippen molar-refractivity contribution in [2.75, 3.05) is 18.1 Å². The van der Waals surface area contributed by atoms with E-state index in [1.54, 1.807) is 0 Å². The highest BCUT2D eigenvalue weighted by molar-refractivity contribution is 6.35. The summed E-state index contributed by atoms with van der Waals surface area (Å²) in [5, 5.41) is 17.5. The summed E-state index contributed by atoms with van der Waals surface area (Å²) in [6.07, 6.45) is 3.76. The largest absolute Gasteiger partial charge is 0.494 e. The number of anilines is 1. The van der Waals surface area contributed by atoms with Gasteiger partial charge in [-0.2, -0.15) is 5.10 Å². The second-order valence-corrected chi connectivity index (χ2v) is 14.4. The van der Waals surface area contributed by atoms with Crippen molar-refractivity contribution in [1.29, 1.82) is 0 Å². The molecule has 7 rings (SSSR count).